The maximum absolute atomic E-state index is 12.4. The smallest absolute Gasteiger partial charge is 0.228 e. The summed E-state index contributed by atoms with van der Waals surface area (Å²) in [5.74, 6) is 1.75. The highest BCUT2D eigenvalue weighted by Crippen LogP contribution is 2.34. The molecular weight excluding hydrogens is 616 g/mol. The van der Waals surface area contributed by atoms with E-state index < -0.39 is 19.7 Å². The van der Waals surface area contributed by atoms with Crippen LogP contribution < -0.4 is 19.6 Å². The van der Waals surface area contributed by atoms with E-state index in [2.05, 4.69) is 0 Å². The number of nitrogens with zero attached hydrogens (tertiary/aromatic N) is 8. The molecule has 4 heterocycles. The summed E-state index contributed by atoms with van der Waals surface area (Å²) in [6, 6.07) is 0. The van der Waals surface area contributed by atoms with Crippen molar-refractivity contribution in [1.82, 2.24) is 19.9 Å². The fraction of sp³-hybridized carbons (Fsp3) is 0.769. The maximum Gasteiger partial charge on any atom is 0.228 e. The van der Waals surface area contributed by atoms with Crippen LogP contribution in [-0.2, 0) is 38.6 Å². The van der Waals surface area contributed by atoms with E-state index in [4.69, 9.17) is 38.9 Å². The standard InChI is InChI=1S/C26H44N8O8S2/c1-39-13-5-33(6-14-40-2)25-27-21-22(23(29-25)31-9-17-43(35,36)18-10-31)28-26(34(7-15-41-3)8-16-42-4)30-24(21)32-11-19-44(37,38)20-12-32/h5-20H2,1-4H3. The monoisotopic (exact) mass is 660 g/mol. The zero-order valence-corrected chi connectivity index (χ0v) is 27.6. The Morgan fingerprint density at radius 2 is 0.841 bits per heavy atom. The van der Waals surface area contributed by atoms with Gasteiger partial charge in [0.05, 0.1) is 49.4 Å². The van der Waals surface area contributed by atoms with Gasteiger partial charge in [-0.3, -0.25) is 0 Å². The van der Waals surface area contributed by atoms with Crippen molar-refractivity contribution >= 4 is 54.2 Å². The second-order valence-corrected chi connectivity index (χ2v) is 15.2. The Morgan fingerprint density at radius 1 is 0.545 bits per heavy atom. The predicted octanol–water partition coefficient (Wildman–Crippen LogP) is -0.912. The van der Waals surface area contributed by atoms with Crippen LogP contribution in [0.2, 0.25) is 0 Å². The van der Waals surface area contributed by atoms with Gasteiger partial charge < -0.3 is 38.5 Å². The van der Waals surface area contributed by atoms with E-state index in [-0.39, 0.29) is 49.2 Å². The lowest BCUT2D eigenvalue weighted by atomic mass is 10.3. The Balaban J connectivity index is 1.95. The molecule has 0 bridgehead atoms. The first kappa shape index (κ1) is 34.2. The van der Waals surface area contributed by atoms with Gasteiger partial charge in [0.1, 0.15) is 11.0 Å². The summed E-state index contributed by atoms with van der Waals surface area (Å²) in [4.78, 5) is 27.6. The zero-order valence-electron chi connectivity index (χ0n) is 26.0. The van der Waals surface area contributed by atoms with Gasteiger partial charge in [0, 0.05) is 80.8 Å². The first-order valence-corrected chi connectivity index (χ1v) is 18.2. The Kier molecular flexibility index (Phi) is 12.1. The molecule has 0 aliphatic carbocycles. The van der Waals surface area contributed by atoms with Gasteiger partial charge in [-0.15, -0.1) is 0 Å². The summed E-state index contributed by atoms with van der Waals surface area (Å²) in [5.41, 5.74) is 0.916. The van der Waals surface area contributed by atoms with E-state index in [1.54, 1.807) is 28.4 Å². The van der Waals surface area contributed by atoms with Gasteiger partial charge in [-0.1, -0.05) is 0 Å². The summed E-state index contributed by atoms with van der Waals surface area (Å²) in [7, 11) is 0.132. The van der Waals surface area contributed by atoms with Gasteiger partial charge in [-0.2, -0.15) is 9.97 Å². The highest BCUT2D eigenvalue weighted by Gasteiger charge is 2.31. The molecule has 2 saturated heterocycles. The number of hydrogen-bond donors (Lipinski definition) is 0. The molecule has 0 amide bonds. The van der Waals surface area contributed by atoms with Crippen molar-refractivity contribution in [2.24, 2.45) is 0 Å². The van der Waals surface area contributed by atoms with Gasteiger partial charge in [0.25, 0.3) is 0 Å². The molecule has 4 rings (SSSR count). The van der Waals surface area contributed by atoms with Gasteiger partial charge in [0.2, 0.25) is 11.9 Å². The van der Waals surface area contributed by atoms with Crippen molar-refractivity contribution in [2.75, 3.05) is 150 Å². The van der Waals surface area contributed by atoms with Crippen LogP contribution in [0.5, 0.6) is 0 Å². The highest BCUT2D eigenvalue weighted by molar-refractivity contribution is 7.91. The van der Waals surface area contributed by atoms with Crippen LogP contribution >= 0.6 is 0 Å². The maximum atomic E-state index is 12.4. The minimum atomic E-state index is -3.17. The fourth-order valence-corrected chi connectivity index (χ4v) is 7.37. The van der Waals surface area contributed by atoms with Crippen LogP contribution in [0.15, 0.2) is 0 Å². The lowest BCUT2D eigenvalue weighted by Gasteiger charge is -2.33. The molecule has 0 atom stereocenters. The topological polar surface area (TPSA) is 170 Å². The summed E-state index contributed by atoms with van der Waals surface area (Å²) in [5, 5.41) is 0. The number of fused-ring (bicyclic) bond motifs is 1. The molecule has 0 spiro atoms. The molecule has 0 unspecified atom stereocenters. The number of sulfone groups is 2. The van der Waals surface area contributed by atoms with Crippen molar-refractivity contribution in [2.45, 2.75) is 0 Å². The quantitative estimate of drug-likeness (QED) is 0.217. The van der Waals surface area contributed by atoms with Crippen molar-refractivity contribution in [3.05, 3.63) is 0 Å². The molecule has 0 saturated carbocycles. The Bertz CT molecular complexity index is 1310. The Morgan fingerprint density at radius 3 is 1.11 bits per heavy atom. The number of aromatic nitrogens is 4. The highest BCUT2D eigenvalue weighted by atomic mass is 32.2. The van der Waals surface area contributed by atoms with Crippen molar-refractivity contribution in [1.29, 1.82) is 0 Å². The van der Waals surface area contributed by atoms with Gasteiger partial charge in [0.15, 0.2) is 31.3 Å². The number of hydrogen-bond acceptors (Lipinski definition) is 16. The third kappa shape index (κ3) is 8.75. The number of anilines is 4. The SMILES string of the molecule is COCCN(CCOC)c1nc(N2CCS(=O)(=O)CC2)c2nc(N(CCOC)CCOC)nc(N3CCS(=O)(=O)CC3)c2n1. The molecule has 44 heavy (non-hydrogen) atoms. The van der Waals surface area contributed by atoms with E-state index in [1.165, 1.54) is 0 Å². The molecule has 2 aromatic rings. The first-order valence-electron chi connectivity index (χ1n) is 14.6. The molecular formula is C26H44N8O8S2. The second-order valence-electron chi connectivity index (χ2n) is 10.6. The van der Waals surface area contributed by atoms with Crippen molar-refractivity contribution in [3.8, 4) is 0 Å². The summed E-state index contributed by atoms with van der Waals surface area (Å²) < 4.78 is 70.8. The molecule has 0 N–H and O–H groups in total. The first-order chi connectivity index (χ1) is 21.1. The van der Waals surface area contributed by atoms with Crippen molar-refractivity contribution < 1.29 is 35.8 Å². The Labute approximate surface area is 259 Å². The summed E-state index contributed by atoms with van der Waals surface area (Å²) in [6.07, 6.45) is 0. The Hall–Kier alpha value is -2.64. The number of methoxy groups -OCH3 is 4. The molecule has 16 nitrogen and oxygen atoms in total. The summed E-state index contributed by atoms with van der Waals surface area (Å²) in [6.45, 7) is 4.60. The van der Waals surface area contributed by atoms with E-state index in [1.807, 2.05) is 19.6 Å². The third-order valence-corrected chi connectivity index (χ3v) is 10.8. The predicted molar refractivity (Wildman–Crippen MR) is 169 cm³/mol. The molecule has 2 aromatic heterocycles. The summed E-state index contributed by atoms with van der Waals surface area (Å²) >= 11 is 0. The van der Waals surface area contributed by atoms with E-state index >= 15 is 0 Å². The number of rotatable bonds is 16. The van der Waals surface area contributed by atoms with E-state index in [0.29, 0.717) is 87.2 Å². The molecule has 2 aliphatic rings. The largest absolute Gasteiger partial charge is 0.383 e. The average molecular weight is 661 g/mol. The molecule has 0 aromatic carbocycles. The van der Waals surface area contributed by atoms with Gasteiger partial charge in [-0.25, -0.2) is 26.8 Å². The molecule has 0 radical (unpaired) electrons. The second kappa shape index (κ2) is 15.6. The minimum Gasteiger partial charge on any atom is -0.383 e. The van der Waals surface area contributed by atoms with Gasteiger partial charge in [-0.05, 0) is 0 Å². The normalized spacial score (nSPS) is 18.1. The van der Waals surface area contributed by atoms with Gasteiger partial charge >= 0.3 is 0 Å². The lowest BCUT2D eigenvalue weighted by molar-refractivity contribution is 0.189. The minimum absolute atomic E-state index is 0.00647. The van der Waals surface area contributed by atoms with Crippen LogP contribution in [0.25, 0.3) is 11.0 Å². The van der Waals surface area contributed by atoms with E-state index in [9.17, 15) is 16.8 Å². The van der Waals surface area contributed by atoms with Crippen LogP contribution in [0.3, 0.4) is 0 Å². The molecule has 248 valence electrons. The lowest BCUT2D eigenvalue weighted by Crippen LogP contribution is -2.42. The molecule has 2 aliphatic heterocycles. The van der Waals surface area contributed by atoms with Crippen LogP contribution in [0.1, 0.15) is 0 Å². The molecule has 18 heteroatoms. The van der Waals surface area contributed by atoms with Crippen LogP contribution in [-0.4, -0.2) is 167 Å². The average Bonchev–Trinajstić information content (AvgIpc) is 3.00. The van der Waals surface area contributed by atoms with Crippen LogP contribution in [0, 0.1) is 0 Å². The number of ether oxygens (including phenoxy) is 4. The molecule has 2 fully saturated rings. The van der Waals surface area contributed by atoms with E-state index in [0.717, 1.165) is 0 Å². The van der Waals surface area contributed by atoms with Crippen molar-refractivity contribution in [3.63, 3.8) is 0 Å². The third-order valence-electron chi connectivity index (χ3n) is 7.60. The fourth-order valence-electron chi connectivity index (χ4n) is 4.96. The zero-order chi connectivity index (χ0) is 31.7. The van der Waals surface area contributed by atoms with Crippen LogP contribution in [0.4, 0.5) is 23.5 Å².